The molecule has 1 aromatic carbocycles. The van der Waals surface area contributed by atoms with E-state index in [1.54, 1.807) is 12.1 Å². The van der Waals surface area contributed by atoms with Crippen LogP contribution in [0.4, 0.5) is 0 Å². The Balaban J connectivity index is 1.63. The molecule has 104 valence electrons. The Morgan fingerprint density at radius 2 is 1.79 bits per heavy atom. The summed E-state index contributed by atoms with van der Waals surface area (Å²) in [4.78, 5) is 2.44. The number of phenols is 1. The third-order valence-electron chi connectivity index (χ3n) is 5.06. The number of phenolic OH excluding ortho intramolecular Hbond substituents is 1. The first-order chi connectivity index (χ1) is 9.19. The lowest BCUT2D eigenvalue weighted by atomic mass is 9.77. The van der Waals surface area contributed by atoms with Crippen molar-refractivity contribution in [2.75, 3.05) is 13.1 Å². The van der Waals surface area contributed by atoms with Gasteiger partial charge in [0.05, 0.1) is 0 Å². The number of rotatable bonds is 2. The quantitative estimate of drug-likeness (QED) is 0.877. The highest BCUT2D eigenvalue weighted by Gasteiger charge is 2.36. The molecule has 2 nitrogen and oxygen atoms in total. The first-order valence-corrected chi connectivity index (χ1v) is 7.75. The highest BCUT2D eigenvalue weighted by Crippen LogP contribution is 2.46. The van der Waals surface area contributed by atoms with Crippen molar-refractivity contribution in [3.05, 3.63) is 28.8 Å². The standard InChI is InChI=1S/C16H22ClNO/c17-14-4-3-5-15(19)13(14)12-18-10-8-16(9-11-18)6-1-2-7-16/h3-5,19H,1-2,6-12H2. The van der Waals surface area contributed by atoms with Crippen LogP contribution in [-0.2, 0) is 6.54 Å². The average molecular weight is 280 g/mol. The van der Waals surface area contributed by atoms with Gasteiger partial charge in [0.1, 0.15) is 5.75 Å². The number of hydrogen-bond acceptors (Lipinski definition) is 2. The van der Waals surface area contributed by atoms with Gasteiger partial charge in [-0.25, -0.2) is 0 Å². The summed E-state index contributed by atoms with van der Waals surface area (Å²) in [6, 6.07) is 5.38. The number of nitrogens with zero attached hydrogens (tertiary/aromatic N) is 1. The summed E-state index contributed by atoms with van der Waals surface area (Å²) in [5.41, 5.74) is 1.53. The summed E-state index contributed by atoms with van der Waals surface area (Å²) in [6.07, 6.45) is 8.34. The van der Waals surface area contributed by atoms with Gasteiger partial charge in [-0.1, -0.05) is 30.5 Å². The van der Waals surface area contributed by atoms with Crippen molar-refractivity contribution in [3.63, 3.8) is 0 Å². The van der Waals surface area contributed by atoms with Crippen molar-refractivity contribution in [1.82, 2.24) is 4.90 Å². The molecule has 0 bridgehead atoms. The van der Waals surface area contributed by atoms with Crippen LogP contribution in [0.15, 0.2) is 18.2 Å². The fourth-order valence-corrected chi connectivity index (χ4v) is 3.97. The summed E-state index contributed by atoms with van der Waals surface area (Å²) in [7, 11) is 0. The van der Waals surface area contributed by atoms with Crippen LogP contribution in [0, 0.1) is 5.41 Å². The van der Waals surface area contributed by atoms with E-state index in [-0.39, 0.29) is 0 Å². The molecule has 0 amide bonds. The molecule has 3 heteroatoms. The van der Waals surface area contributed by atoms with E-state index in [9.17, 15) is 5.11 Å². The summed E-state index contributed by atoms with van der Waals surface area (Å²) in [5.74, 6) is 0.327. The highest BCUT2D eigenvalue weighted by molar-refractivity contribution is 6.31. The van der Waals surface area contributed by atoms with Crippen LogP contribution in [0.1, 0.15) is 44.1 Å². The van der Waals surface area contributed by atoms with Gasteiger partial charge < -0.3 is 5.11 Å². The summed E-state index contributed by atoms with van der Waals surface area (Å²) in [5, 5.41) is 10.6. The van der Waals surface area contributed by atoms with E-state index in [1.807, 2.05) is 6.07 Å². The Morgan fingerprint density at radius 1 is 1.11 bits per heavy atom. The minimum atomic E-state index is 0.327. The molecule has 1 heterocycles. The maximum Gasteiger partial charge on any atom is 0.121 e. The molecule has 2 aliphatic rings. The molecular formula is C16H22ClNO. The number of hydrogen-bond donors (Lipinski definition) is 1. The molecular weight excluding hydrogens is 258 g/mol. The van der Waals surface area contributed by atoms with Crippen LogP contribution >= 0.6 is 11.6 Å². The number of benzene rings is 1. The van der Waals surface area contributed by atoms with Gasteiger partial charge in [-0.3, -0.25) is 4.90 Å². The number of aromatic hydroxyl groups is 1. The minimum Gasteiger partial charge on any atom is -0.508 e. The monoisotopic (exact) mass is 279 g/mol. The molecule has 1 aliphatic heterocycles. The van der Waals surface area contributed by atoms with Crippen molar-refractivity contribution in [2.24, 2.45) is 5.41 Å². The molecule has 1 N–H and O–H groups in total. The van der Waals surface area contributed by atoms with E-state index < -0.39 is 0 Å². The van der Waals surface area contributed by atoms with E-state index in [2.05, 4.69) is 4.90 Å². The molecule has 0 atom stereocenters. The molecule has 0 unspecified atom stereocenters. The lowest BCUT2D eigenvalue weighted by molar-refractivity contribution is 0.103. The van der Waals surface area contributed by atoms with E-state index >= 15 is 0 Å². The van der Waals surface area contributed by atoms with Gasteiger partial charge in [0.2, 0.25) is 0 Å². The zero-order valence-corrected chi connectivity index (χ0v) is 12.1. The van der Waals surface area contributed by atoms with Crippen LogP contribution < -0.4 is 0 Å². The first kappa shape index (κ1) is 13.3. The first-order valence-electron chi connectivity index (χ1n) is 7.37. The largest absolute Gasteiger partial charge is 0.508 e. The van der Waals surface area contributed by atoms with Gasteiger partial charge in [-0.15, -0.1) is 0 Å². The zero-order valence-electron chi connectivity index (χ0n) is 11.4. The zero-order chi connectivity index (χ0) is 13.3. The van der Waals surface area contributed by atoms with Crippen molar-refractivity contribution < 1.29 is 5.11 Å². The third kappa shape index (κ3) is 2.75. The highest BCUT2D eigenvalue weighted by atomic mass is 35.5. The van der Waals surface area contributed by atoms with Gasteiger partial charge >= 0.3 is 0 Å². The number of likely N-dealkylation sites (tertiary alicyclic amines) is 1. The maximum atomic E-state index is 9.92. The summed E-state index contributed by atoms with van der Waals surface area (Å²) < 4.78 is 0. The number of piperidine rings is 1. The fourth-order valence-electron chi connectivity index (χ4n) is 3.74. The van der Waals surface area contributed by atoms with Crippen LogP contribution in [0.2, 0.25) is 5.02 Å². The van der Waals surface area contributed by atoms with E-state index in [4.69, 9.17) is 11.6 Å². The van der Waals surface area contributed by atoms with Gasteiger partial charge in [0, 0.05) is 17.1 Å². The normalized spacial score (nSPS) is 23.0. The SMILES string of the molecule is Oc1cccc(Cl)c1CN1CCC2(CCCC2)CC1. The van der Waals surface area contributed by atoms with E-state index in [0.29, 0.717) is 16.2 Å². The van der Waals surface area contributed by atoms with Gasteiger partial charge in [-0.05, 0) is 56.3 Å². The van der Waals surface area contributed by atoms with Crippen molar-refractivity contribution in [2.45, 2.75) is 45.1 Å². The average Bonchev–Trinajstić information content (AvgIpc) is 2.85. The molecule has 19 heavy (non-hydrogen) atoms. The second kappa shape index (κ2) is 5.34. The molecule has 3 rings (SSSR count). The molecule has 1 saturated carbocycles. The molecule has 1 spiro atoms. The molecule has 1 aliphatic carbocycles. The second-order valence-corrected chi connectivity index (χ2v) is 6.63. The molecule has 1 saturated heterocycles. The van der Waals surface area contributed by atoms with Crippen LogP contribution in [-0.4, -0.2) is 23.1 Å². The van der Waals surface area contributed by atoms with Crippen molar-refractivity contribution >= 4 is 11.6 Å². The summed E-state index contributed by atoms with van der Waals surface area (Å²) in [6.45, 7) is 3.07. The minimum absolute atomic E-state index is 0.327. The Morgan fingerprint density at radius 3 is 2.42 bits per heavy atom. The molecule has 1 aromatic rings. The third-order valence-corrected chi connectivity index (χ3v) is 5.41. The predicted octanol–water partition coefficient (Wildman–Crippen LogP) is 4.20. The van der Waals surface area contributed by atoms with Gasteiger partial charge in [0.15, 0.2) is 0 Å². The molecule has 2 fully saturated rings. The lowest BCUT2D eigenvalue weighted by Crippen LogP contribution is -2.38. The Kier molecular flexibility index (Phi) is 3.72. The second-order valence-electron chi connectivity index (χ2n) is 6.22. The van der Waals surface area contributed by atoms with E-state index in [0.717, 1.165) is 25.2 Å². The fraction of sp³-hybridized carbons (Fsp3) is 0.625. The van der Waals surface area contributed by atoms with Gasteiger partial charge in [-0.2, -0.15) is 0 Å². The smallest absolute Gasteiger partial charge is 0.121 e. The molecule has 0 aromatic heterocycles. The summed E-state index contributed by atoms with van der Waals surface area (Å²) >= 11 is 6.18. The molecule has 0 radical (unpaired) electrons. The Hall–Kier alpha value is -0.730. The maximum absolute atomic E-state index is 9.92. The Labute approximate surface area is 120 Å². The van der Waals surface area contributed by atoms with Crippen LogP contribution in [0.25, 0.3) is 0 Å². The lowest BCUT2D eigenvalue weighted by Gasteiger charge is -2.39. The van der Waals surface area contributed by atoms with Crippen LogP contribution in [0.5, 0.6) is 5.75 Å². The topological polar surface area (TPSA) is 23.5 Å². The van der Waals surface area contributed by atoms with Gasteiger partial charge in [0.25, 0.3) is 0 Å². The van der Waals surface area contributed by atoms with Crippen LogP contribution in [0.3, 0.4) is 0 Å². The predicted molar refractivity (Wildman–Crippen MR) is 78.5 cm³/mol. The Bertz CT molecular complexity index is 424. The van der Waals surface area contributed by atoms with Crippen molar-refractivity contribution in [1.29, 1.82) is 0 Å². The number of halogens is 1. The van der Waals surface area contributed by atoms with Crippen molar-refractivity contribution in [3.8, 4) is 5.75 Å². The van der Waals surface area contributed by atoms with E-state index in [1.165, 1.54) is 38.5 Å².